The number of rotatable bonds is 5. The molecule has 28 heavy (non-hydrogen) atoms. The summed E-state index contributed by atoms with van der Waals surface area (Å²) in [6, 6.07) is 13.0. The molecule has 1 amide bonds. The van der Waals surface area contributed by atoms with Crippen molar-refractivity contribution >= 4 is 11.9 Å². The first-order valence-corrected chi connectivity index (χ1v) is 9.42. The molecule has 1 aromatic heterocycles. The number of aromatic nitrogens is 1. The lowest BCUT2D eigenvalue weighted by atomic mass is 10.2. The van der Waals surface area contributed by atoms with Crippen molar-refractivity contribution in [3.63, 3.8) is 0 Å². The molecule has 2 aromatic rings. The van der Waals surface area contributed by atoms with Crippen LogP contribution in [-0.2, 0) is 11.3 Å². The monoisotopic (exact) mass is 385 g/mol. The first kappa shape index (κ1) is 19.8. The lowest BCUT2D eigenvalue weighted by Crippen LogP contribution is -2.36. The van der Waals surface area contributed by atoms with E-state index < -0.39 is 5.60 Å². The molecule has 1 saturated heterocycles. The number of carbonyl (C=O) groups is 1. The number of pyridine rings is 1. The zero-order valence-electron chi connectivity index (χ0n) is 16.5. The van der Waals surface area contributed by atoms with E-state index in [1.807, 2.05) is 51.1 Å². The normalized spacial score (nSPS) is 16.7. The average molecular weight is 385 g/mol. The molecule has 7 heteroatoms. The van der Waals surface area contributed by atoms with E-state index in [0.717, 1.165) is 5.56 Å². The van der Waals surface area contributed by atoms with Gasteiger partial charge in [-0.1, -0.05) is 30.3 Å². The number of likely N-dealkylation sites (tertiary alicyclic amines) is 1. The van der Waals surface area contributed by atoms with Crippen molar-refractivity contribution < 1.29 is 19.4 Å². The fourth-order valence-corrected chi connectivity index (χ4v) is 2.92. The number of anilines is 1. The van der Waals surface area contributed by atoms with Crippen LogP contribution in [0.15, 0.2) is 42.5 Å². The van der Waals surface area contributed by atoms with Crippen LogP contribution in [0.3, 0.4) is 0 Å². The van der Waals surface area contributed by atoms with Gasteiger partial charge < -0.3 is 24.8 Å². The van der Waals surface area contributed by atoms with E-state index >= 15 is 0 Å². The van der Waals surface area contributed by atoms with Crippen molar-refractivity contribution in [3.8, 4) is 11.6 Å². The molecule has 2 N–H and O–H groups in total. The molecule has 0 radical (unpaired) electrons. The van der Waals surface area contributed by atoms with E-state index in [2.05, 4.69) is 10.3 Å². The molecule has 0 saturated carbocycles. The molecular weight excluding hydrogens is 358 g/mol. The molecule has 0 unspecified atom stereocenters. The number of nitrogens with zero attached hydrogens (tertiary/aromatic N) is 2. The molecule has 1 aliphatic rings. The average Bonchev–Trinajstić information content (AvgIpc) is 3.08. The predicted molar refractivity (Wildman–Crippen MR) is 107 cm³/mol. The number of benzene rings is 1. The number of amides is 1. The second kappa shape index (κ2) is 8.37. The number of hydrogen-bond donors (Lipinski definition) is 2. The largest absolute Gasteiger partial charge is 0.508 e. The minimum absolute atomic E-state index is 0.0718. The van der Waals surface area contributed by atoms with Gasteiger partial charge >= 0.3 is 6.09 Å². The molecular formula is C21H27N3O4. The Labute approximate surface area is 165 Å². The smallest absolute Gasteiger partial charge is 0.410 e. The van der Waals surface area contributed by atoms with Gasteiger partial charge in [0.15, 0.2) is 0 Å². The van der Waals surface area contributed by atoms with Crippen LogP contribution in [-0.4, -0.2) is 45.9 Å². The van der Waals surface area contributed by atoms with Gasteiger partial charge in [-0.15, -0.1) is 0 Å². The Morgan fingerprint density at radius 2 is 2.04 bits per heavy atom. The minimum Gasteiger partial charge on any atom is -0.508 e. The van der Waals surface area contributed by atoms with Crippen LogP contribution in [0, 0.1) is 0 Å². The molecule has 0 bridgehead atoms. The van der Waals surface area contributed by atoms with Gasteiger partial charge in [-0.05, 0) is 26.3 Å². The summed E-state index contributed by atoms with van der Waals surface area (Å²) in [5.41, 5.74) is 0.584. The molecule has 7 nitrogen and oxygen atoms in total. The zero-order chi connectivity index (χ0) is 20.1. The minimum atomic E-state index is -0.526. The number of ether oxygens (including phenoxy) is 2. The summed E-state index contributed by atoms with van der Waals surface area (Å²) in [5.74, 6) is 0.926. The number of hydrogen-bond acceptors (Lipinski definition) is 6. The molecule has 1 fully saturated rings. The maximum Gasteiger partial charge on any atom is 0.410 e. The maximum atomic E-state index is 12.2. The Kier molecular flexibility index (Phi) is 5.92. The number of aromatic hydroxyl groups is 1. The number of nitrogens with one attached hydrogen (secondary N) is 1. The first-order chi connectivity index (χ1) is 13.3. The van der Waals surface area contributed by atoms with Crippen molar-refractivity contribution in [2.45, 2.75) is 45.4 Å². The lowest BCUT2D eigenvalue weighted by molar-refractivity contribution is 0.0275. The summed E-state index contributed by atoms with van der Waals surface area (Å²) in [5, 5.41) is 13.2. The Morgan fingerprint density at radius 3 is 2.75 bits per heavy atom. The maximum absolute atomic E-state index is 12.2. The summed E-state index contributed by atoms with van der Waals surface area (Å²) in [6.45, 7) is 7.11. The molecule has 2 heterocycles. The van der Waals surface area contributed by atoms with E-state index in [4.69, 9.17) is 9.47 Å². The lowest BCUT2D eigenvalue weighted by Gasteiger charge is -2.24. The highest BCUT2D eigenvalue weighted by atomic mass is 16.6. The van der Waals surface area contributed by atoms with Crippen LogP contribution in [0.2, 0.25) is 0 Å². The Hall–Kier alpha value is -2.96. The van der Waals surface area contributed by atoms with Crippen LogP contribution < -0.4 is 10.1 Å². The molecule has 0 spiro atoms. The molecule has 0 aliphatic carbocycles. The van der Waals surface area contributed by atoms with Crippen LogP contribution in [0.1, 0.15) is 32.8 Å². The van der Waals surface area contributed by atoms with Crippen molar-refractivity contribution in [2.75, 3.05) is 18.4 Å². The SMILES string of the molecule is CC(C)(C)OC(=O)N1CC[C@H](Oc2cc(O)cc(NCc3ccccc3)n2)C1. The molecule has 1 atom stereocenters. The van der Waals surface area contributed by atoms with Gasteiger partial charge in [0.1, 0.15) is 23.3 Å². The van der Waals surface area contributed by atoms with Crippen molar-refractivity contribution in [3.05, 3.63) is 48.0 Å². The van der Waals surface area contributed by atoms with Gasteiger partial charge in [0.25, 0.3) is 0 Å². The fraction of sp³-hybridized carbons (Fsp3) is 0.429. The highest BCUT2D eigenvalue weighted by molar-refractivity contribution is 5.68. The van der Waals surface area contributed by atoms with Crippen molar-refractivity contribution in [1.82, 2.24) is 9.88 Å². The summed E-state index contributed by atoms with van der Waals surface area (Å²) in [4.78, 5) is 18.2. The summed E-state index contributed by atoms with van der Waals surface area (Å²) in [6.07, 6.45) is 0.153. The third kappa shape index (κ3) is 5.77. The van der Waals surface area contributed by atoms with E-state index in [1.165, 1.54) is 6.07 Å². The van der Waals surface area contributed by atoms with Crippen molar-refractivity contribution in [2.24, 2.45) is 0 Å². The van der Waals surface area contributed by atoms with Gasteiger partial charge in [-0.25, -0.2) is 4.79 Å². The van der Waals surface area contributed by atoms with Gasteiger partial charge in [-0.2, -0.15) is 4.98 Å². The zero-order valence-corrected chi connectivity index (χ0v) is 16.5. The van der Waals surface area contributed by atoms with Gasteiger partial charge in [0.05, 0.1) is 6.54 Å². The molecule has 1 aliphatic heterocycles. The molecule has 3 rings (SSSR count). The van der Waals surface area contributed by atoms with Gasteiger partial charge in [0.2, 0.25) is 5.88 Å². The van der Waals surface area contributed by atoms with E-state index in [9.17, 15) is 9.90 Å². The Bertz CT molecular complexity index is 805. The standard InChI is InChI=1S/C21H27N3O4/c1-21(2,3)28-20(26)24-10-9-17(14-24)27-19-12-16(25)11-18(23-19)22-13-15-7-5-4-6-8-15/h4-8,11-12,17H,9-10,13-14H2,1-3H3,(H2,22,23,25)/t17-/m0/s1. The Balaban J connectivity index is 1.57. The van der Waals surface area contributed by atoms with E-state index in [-0.39, 0.29) is 17.9 Å². The first-order valence-electron chi connectivity index (χ1n) is 9.42. The fourth-order valence-electron chi connectivity index (χ4n) is 2.92. The van der Waals surface area contributed by atoms with Crippen molar-refractivity contribution in [1.29, 1.82) is 0 Å². The highest BCUT2D eigenvalue weighted by Gasteiger charge is 2.31. The van der Waals surface area contributed by atoms with Crippen LogP contribution in [0.5, 0.6) is 11.6 Å². The third-order valence-corrected chi connectivity index (χ3v) is 4.19. The molecule has 150 valence electrons. The Morgan fingerprint density at radius 1 is 1.29 bits per heavy atom. The van der Waals surface area contributed by atoms with Gasteiger partial charge in [-0.3, -0.25) is 0 Å². The highest BCUT2D eigenvalue weighted by Crippen LogP contribution is 2.25. The van der Waals surface area contributed by atoms with Crippen LogP contribution in [0.4, 0.5) is 10.6 Å². The summed E-state index contributed by atoms with van der Waals surface area (Å²) in [7, 11) is 0. The number of carbonyl (C=O) groups excluding carboxylic acids is 1. The van der Waals surface area contributed by atoms with Crippen LogP contribution in [0.25, 0.3) is 0 Å². The third-order valence-electron chi connectivity index (χ3n) is 4.19. The van der Waals surface area contributed by atoms with Gasteiger partial charge in [0, 0.05) is 31.6 Å². The molecule has 1 aromatic carbocycles. The van der Waals surface area contributed by atoms with Crippen LogP contribution >= 0.6 is 0 Å². The van der Waals surface area contributed by atoms with E-state index in [1.54, 1.807) is 11.0 Å². The second-order valence-electron chi connectivity index (χ2n) is 7.84. The second-order valence-corrected chi connectivity index (χ2v) is 7.84. The summed E-state index contributed by atoms with van der Waals surface area (Å²) < 4.78 is 11.3. The van der Waals surface area contributed by atoms with E-state index in [0.29, 0.717) is 37.8 Å². The predicted octanol–water partition coefficient (Wildman–Crippen LogP) is 3.79. The topological polar surface area (TPSA) is 83.9 Å². The quantitative estimate of drug-likeness (QED) is 0.815. The summed E-state index contributed by atoms with van der Waals surface area (Å²) >= 11 is 0.